The molecule has 1 amide bonds. The van der Waals surface area contributed by atoms with E-state index in [4.69, 9.17) is 4.74 Å². The lowest BCUT2D eigenvalue weighted by Gasteiger charge is -2.15. The van der Waals surface area contributed by atoms with E-state index in [-0.39, 0.29) is 18.1 Å². The van der Waals surface area contributed by atoms with Gasteiger partial charge in [0.1, 0.15) is 6.10 Å². The first-order valence-electron chi connectivity index (χ1n) is 5.42. The molecule has 4 heteroatoms. The molecule has 2 aliphatic rings. The molecule has 2 aliphatic heterocycles. The van der Waals surface area contributed by atoms with Crippen LogP contribution in [0.2, 0.25) is 0 Å². The van der Waals surface area contributed by atoms with E-state index in [1.54, 1.807) is 0 Å². The smallest absolute Gasteiger partial charge is 0.249 e. The predicted octanol–water partition coefficient (Wildman–Crippen LogP) is 0.0320. The van der Waals surface area contributed by atoms with Gasteiger partial charge in [-0.15, -0.1) is 0 Å². The maximum atomic E-state index is 11.7. The number of nitrogens with one attached hydrogen (secondary N) is 2. The zero-order valence-electron chi connectivity index (χ0n) is 8.58. The Morgan fingerprint density at radius 1 is 1.43 bits per heavy atom. The van der Waals surface area contributed by atoms with E-state index in [1.165, 1.54) is 0 Å². The van der Waals surface area contributed by atoms with Crippen LogP contribution in [0, 0.1) is 0 Å². The minimum Gasteiger partial charge on any atom is -0.365 e. The summed E-state index contributed by atoms with van der Waals surface area (Å²) in [4.78, 5) is 11.7. The molecule has 0 bridgehead atoms. The number of carbonyl (C=O) groups excluding carboxylic acids is 1. The number of hydrogen-bond donors (Lipinski definition) is 2. The fourth-order valence-corrected chi connectivity index (χ4v) is 2.07. The highest BCUT2D eigenvalue weighted by atomic mass is 16.5. The molecule has 2 heterocycles. The van der Waals surface area contributed by atoms with Crippen molar-refractivity contribution in [2.45, 2.75) is 44.4 Å². The van der Waals surface area contributed by atoms with Gasteiger partial charge in [0.2, 0.25) is 5.91 Å². The largest absolute Gasteiger partial charge is 0.365 e. The van der Waals surface area contributed by atoms with Crippen molar-refractivity contribution in [2.24, 2.45) is 0 Å². The van der Waals surface area contributed by atoms with E-state index in [1.807, 2.05) is 6.92 Å². The Morgan fingerprint density at radius 3 is 2.86 bits per heavy atom. The summed E-state index contributed by atoms with van der Waals surface area (Å²) in [5.41, 5.74) is 0. The van der Waals surface area contributed by atoms with Crippen molar-refractivity contribution in [3.63, 3.8) is 0 Å². The van der Waals surface area contributed by atoms with Crippen LogP contribution in [-0.4, -0.2) is 37.2 Å². The predicted molar refractivity (Wildman–Crippen MR) is 53.0 cm³/mol. The van der Waals surface area contributed by atoms with Crippen LogP contribution in [0.15, 0.2) is 0 Å². The van der Waals surface area contributed by atoms with Crippen molar-refractivity contribution in [2.75, 3.05) is 13.1 Å². The van der Waals surface area contributed by atoms with Gasteiger partial charge in [0, 0.05) is 12.6 Å². The summed E-state index contributed by atoms with van der Waals surface area (Å²) in [5, 5.41) is 6.24. The zero-order chi connectivity index (χ0) is 9.97. The van der Waals surface area contributed by atoms with Crippen LogP contribution >= 0.6 is 0 Å². The first-order chi connectivity index (χ1) is 6.75. The fourth-order valence-electron chi connectivity index (χ4n) is 2.07. The first kappa shape index (κ1) is 9.93. The number of hydrogen-bond acceptors (Lipinski definition) is 3. The van der Waals surface area contributed by atoms with Gasteiger partial charge in [-0.05, 0) is 32.7 Å². The van der Waals surface area contributed by atoms with Crippen LogP contribution in [0.3, 0.4) is 0 Å². The van der Waals surface area contributed by atoms with Crippen molar-refractivity contribution in [3.05, 3.63) is 0 Å². The Bertz CT molecular complexity index is 214. The third-order valence-corrected chi connectivity index (χ3v) is 2.93. The van der Waals surface area contributed by atoms with Gasteiger partial charge in [0.15, 0.2) is 0 Å². The minimum atomic E-state index is -0.203. The van der Waals surface area contributed by atoms with Gasteiger partial charge >= 0.3 is 0 Å². The zero-order valence-corrected chi connectivity index (χ0v) is 8.58. The fraction of sp³-hybridized carbons (Fsp3) is 0.900. The van der Waals surface area contributed by atoms with E-state index in [0.29, 0.717) is 6.04 Å². The topological polar surface area (TPSA) is 50.4 Å². The van der Waals surface area contributed by atoms with E-state index in [0.717, 1.165) is 32.4 Å². The summed E-state index contributed by atoms with van der Waals surface area (Å²) in [5.74, 6) is 0.0723. The molecule has 0 aliphatic carbocycles. The average Bonchev–Trinajstić information content (AvgIpc) is 2.75. The monoisotopic (exact) mass is 198 g/mol. The van der Waals surface area contributed by atoms with Crippen LogP contribution in [0.4, 0.5) is 0 Å². The van der Waals surface area contributed by atoms with E-state index in [9.17, 15) is 4.79 Å². The maximum Gasteiger partial charge on any atom is 0.249 e. The van der Waals surface area contributed by atoms with Crippen LogP contribution in [0.5, 0.6) is 0 Å². The second kappa shape index (κ2) is 4.28. The highest BCUT2D eigenvalue weighted by Crippen LogP contribution is 2.19. The average molecular weight is 198 g/mol. The summed E-state index contributed by atoms with van der Waals surface area (Å²) in [7, 11) is 0. The van der Waals surface area contributed by atoms with Crippen molar-refractivity contribution in [1.29, 1.82) is 0 Å². The molecule has 2 unspecified atom stereocenters. The van der Waals surface area contributed by atoms with Crippen LogP contribution in [0.1, 0.15) is 26.2 Å². The van der Waals surface area contributed by atoms with Crippen molar-refractivity contribution in [3.8, 4) is 0 Å². The van der Waals surface area contributed by atoms with Crippen LogP contribution in [-0.2, 0) is 9.53 Å². The highest BCUT2D eigenvalue weighted by molar-refractivity contribution is 5.81. The van der Waals surface area contributed by atoms with E-state index < -0.39 is 0 Å². The molecule has 0 spiro atoms. The molecule has 2 fully saturated rings. The second-order valence-electron chi connectivity index (χ2n) is 4.21. The van der Waals surface area contributed by atoms with Crippen LogP contribution < -0.4 is 10.6 Å². The Hall–Kier alpha value is -0.610. The van der Waals surface area contributed by atoms with E-state index >= 15 is 0 Å². The molecule has 0 saturated carbocycles. The standard InChI is InChI=1S/C10H18N2O2/c1-7-2-3-9(14-7)10(13)12-8-4-5-11-6-8/h7-9,11H,2-6H2,1H3,(H,12,13)/t7?,8-,9?/m1/s1. The summed E-state index contributed by atoms with van der Waals surface area (Å²) in [6.45, 7) is 3.92. The normalized spacial score (nSPS) is 37.4. The third kappa shape index (κ3) is 2.25. The lowest BCUT2D eigenvalue weighted by atomic mass is 10.2. The summed E-state index contributed by atoms with van der Waals surface area (Å²) < 4.78 is 5.50. The Balaban J connectivity index is 1.77. The van der Waals surface area contributed by atoms with Crippen molar-refractivity contribution >= 4 is 5.91 Å². The summed E-state index contributed by atoms with van der Waals surface area (Å²) in [6.07, 6.45) is 2.94. The lowest BCUT2D eigenvalue weighted by Crippen LogP contribution is -2.42. The molecule has 3 atom stereocenters. The van der Waals surface area contributed by atoms with Gasteiger partial charge < -0.3 is 15.4 Å². The molecule has 2 rings (SSSR count). The summed E-state index contributed by atoms with van der Waals surface area (Å²) in [6, 6.07) is 0.307. The highest BCUT2D eigenvalue weighted by Gasteiger charge is 2.29. The molecule has 0 aromatic rings. The molecular weight excluding hydrogens is 180 g/mol. The Morgan fingerprint density at radius 2 is 2.29 bits per heavy atom. The molecule has 80 valence electrons. The van der Waals surface area contributed by atoms with Crippen molar-refractivity contribution in [1.82, 2.24) is 10.6 Å². The third-order valence-electron chi connectivity index (χ3n) is 2.93. The van der Waals surface area contributed by atoms with Gasteiger partial charge in [-0.25, -0.2) is 0 Å². The lowest BCUT2D eigenvalue weighted by molar-refractivity contribution is -0.132. The SMILES string of the molecule is CC1CCC(C(=O)N[C@@H]2CCNC2)O1. The number of rotatable bonds is 2. The molecule has 0 aromatic heterocycles. The quantitative estimate of drug-likeness (QED) is 0.658. The van der Waals surface area contributed by atoms with Crippen molar-refractivity contribution < 1.29 is 9.53 Å². The molecule has 2 saturated heterocycles. The molecular formula is C10H18N2O2. The van der Waals surface area contributed by atoms with Gasteiger partial charge in [0.05, 0.1) is 6.10 Å². The first-order valence-corrected chi connectivity index (χ1v) is 5.42. The summed E-state index contributed by atoms with van der Waals surface area (Å²) >= 11 is 0. The van der Waals surface area contributed by atoms with Gasteiger partial charge in [0.25, 0.3) is 0 Å². The number of ether oxygens (including phenoxy) is 1. The second-order valence-corrected chi connectivity index (χ2v) is 4.21. The molecule has 2 N–H and O–H groups in total. The van der Waals surface area contributed by atoms with Gasteiger partial charge in [-0.3, -0.25) is 4.79 Å². The van der Waals surface area contributed by atoms with Crippen LogP contribution in [0.25, 0.3) is 0 Å². The number of amides is 1. The maximum absolute atomic E-state index is 11.7. The Labute approximate surface area is 84.4 Å². The molecule has 0 radical (unpaired) electrons. The van der Waals surface area contributed by atoms with Gasteiger partial charge in [-0.1, -0.05) is 0 Å². The molecule has 14 heavy (non-hydrogen) atoms. The minimum absolute atomic E-state index is 0.0723. The Kier molecular flexibility index (Phi) is 3.03. The number of carbonyl (C=O) groups is 1. The van der Waals surface area contributed by atoms with Gasteiger partial charge in [-0.2, -0.15) is 0 Å². The molecule has 0 aromatic carbocycles. The molecule has 4 nitrogen and oxygen atoms in total. The van der Waals surface area contributed by atoms with E-state index in [2.05, 4.69) is 10.6 Å².